The molecule has 8 aromatic carbocycles. The normalized spacial score (nSPS) is 13.6. The van der Waals surface area contributed by atoms with Gasteiger partial charge in [0.1, 0.15) is 0 Å². The van der Waals surface area contributed by atoms with Crippen LogP contribution in [0.15, 0.2) is 170 Å². The topological polar surface area (TPSA) is 9.34 Å². The molecule has 0 atom stereocenters. The smallest absolute Gasteiger partial charge is 0.0620 e. The van der Waals surface area contributed by atoms with Crippen LogP contribution in [-0.4, -0.2) is 8.97 Å². The third-order valence-electron chi connectivity index (χ3n) is 12.3. The van der Waals surface area contributed by atoms with E-state index in [2.05, 4.69) is 193 Å². The molecule has 2 heteroatoms. The van der Waals surface area contributed by atoms with Crippen molar-refractivity contribution in [3.63, 3.8) is 0 Å². The van der Waals surface area contributed by atoms with E-state index >= 15 is 0 Å². The van der Waals surface area contributed by atoms with Crippen molar-refractivity contribution >= 4 is 59.9 Å². The lowest BCUT2D eigenvalue weighted by Crippen LogP contribution is -2.14. The van der Waals surface area contributed by atoms with E-state index in [0.717, 1.165) is 0 Å². The Bertz CT molecular complexity index is 3300. The first-order chi connectivity index (χ1) is 26.0. The first-order valence-electron chi connectivity index (χ1n) is 18.6. The Morgan fingerprint density at radius 2 is 0.925 bits per heavy atom. The van der Waals surface area contributed by atoms with E-state index in [4.69, 9.17) is 0 Å². The van der Waals surface area contributed by atoms with Crippen LogP contribution >= 0.6 is 0 Å². The molecule has 1 aliphatic rings. The highest BCUT2D eigenvalue weighted by atomic mass is 15.0. The molecule has 11 aromatic rings. The van der Waals surface area contributed by atoms with Crippen LogP contribution in [0.1, 0.15) is 25.0 Å². The Balaban J connectivity index is 1.07. The molecule has 248 valence electrons. The number of benzene rings is 8. The van der Waals surface area contributed by atoms with Crippen molar-refractivity contribution in [3.05, 3.63) is 181 Å². The van der Waals surface area contributed by atoms with E-state index in [1.54, 1.807) is 0 Å². The van der Waals surface area contributed by atoms with Crippen molar-refractivity contribution in [3.8, 4) is 39.1 Å². The second-order valence-electron chi connectivity index (χ2n) is 15.4. The van der Waals surface area contributed by atoms with Gasteiger partial charge in [-0.3, -0.25) is 0 Å². The summed E-state index contributed by atoms with van der Waals surface area (Å²) < 4.78 is 4.89. The molecule has 53 heavy (non-hydrogen) atoms. The summed E-state index contributed by atoms with van der Waals surface area (Å²) >= 11 is 0. The predicted octanol–water partition coefficient (Wildman–Crippen LogP) is 13.6. The van der Waals surface area contributed by atoms with Crippen molar-refractivity contribution in [2.75, 3.05) is 0 Å². The fourth-order valence-corrected chi connectivity index (χ4v) is 9.73. The van der Waals surface area contributed by atoms with Gasteiger partial charge in [-0.1, -0.05) is 129 Å². The Hall–Kier alpha value is -6.64. The van der Waals surface area contributed by atoms with E-state index in [1.165, 1.54) is 110 Å². The first kappa shape index (κ1) is 29.0. The van der Waals surface area contributed by atoms with Crippen LogP contribution < -0.4 is 0 Å². The number of hydrogen-bond acceptors (Lipinski definition) is 0. The standard InChI is InChI=1S/C51H34N2/c1-51(2)44-17-8-6-13-36(44)37-23-19-33(29-45(37)51)31-21-25-47-42(27-31)43-28-32(22-26-48(43)52(47)35-11-4-3-5-12-35)34-20-24-39-41-16-10-15-40-38-14-7-9-18-46(38)53(50(40)41)49(39)30-34/h3-30H,1-2H3. The van der Waals surface area contributed by atoms with Gasteiger partial charge < -0.3 is 8.97 Å². The highest BCUT2D eigenvalue weighted by Gasteiger charge is 2.35. The maximum absolute atomic E-state index is 2.47. The van der Waals surface area contributed by atoms with Crippen LogP contribution in [0.2, 0.25) is 0 Å². The van der Waals surface area contributed by atoms with Crippen molar-refractivity contribution in [1.82, 2.24) is 8.97 Å². The first-order valence-corrected chi connectivity index (χ1v) is 18.6. The monoisotopic (exact) mass is 674 g/mol. The lowest BCUT2D eigenvalue weighted by atomic mass is 9.81. The molecule has 0 radical (unpaired) electrons. The predicted molar refractivity (Wildman–Crippen MR) is 224 cm³/mol. The number of nitrogens with zero attached hydrogens (tertiary/aromatic N) is 2. The molecule has 1 aliphatic carbocycles. The van der Waals surface area contributed by atoms with E-state index in [-0.39, 0.29) is 5.41 Å². The summed E-state index contributed by atoms with van der Waals surface area (Å²) in [5.74, 6) is 0. The number of aromatic nitrogens is 2. The average Bonchev–Trinajstić information content (AvgIpc) is 3.90. The van der Waals surface area contributed by atoms with Gasteiger partial charge in [0.15, 0.2) is 0 Å². The van der Waals surface area contributed by atoms with Gasteiger partial charge in [0.2, 0.25) is 0 Å². The zero-order chi connectivity index (χ0) is 35.0. The van der Waals surface area contributed by atoms with Gasteiger partial charge in [-0.05, 0) is 99.1 Å². The zero-order valence-electron chi connectivity index (χ0n) is 29.6. The molecule has 0 aliphatic heterocycles. The molecule has 0 N–H and O–H groups in total. The van der Waals surface area contributed by atoms with Gasteiger partial charge in [-0.15, -0.1) is 0 Å². The van der Waals surface area contributed by atoms with Crippen LogP contribution in [0.5, 0.6) is 0 Å². The SMILES string of the molecule is CC1(C)c2ccccc2-c2ccc(-c3ccc4c(c3)c3cc(-c5ccc6c7cccc8c9ccccc9n(c6c5)c87)ccc3n4-c3ccccc3)cc21. The molecule has 0 spiro atoms. The van der Waals surface area contributed by atoms with E-state index in [1.807, 2.05) is 0 Å². The van der Waals surface area contributed by atoms with Crippen molar-refractivity contribution in [1.29, 1.82) is 0 Å². The van der Waals surface area contributed by atoms with Gasteiger partial charge >= 0.3 is 0 Å². The van der Waals surface area contributed by atoms with Crippen molar-refractivity contribution in [2.45, 2.75) is 19.3 Å². The van der Waals surface area contributed by atoms with Crippen molar-refractivity contribution < 1.29 is 0 Å². The minimum atomic E-state index is -0.0414. The molecular formula is C51H34N2. The van der Waals surface area contributed by atoms with Gasteiger partial charge in [0.25, 0.3) is 0 Å². The van der Waals surface area contributed by atoms with Gasteiger partial charge in [0.05, 0.1) is 27.6 Å². The molecule has 0 amide bonds. The summed E-state index contributed by atoms with van der Waals surface area (Å²) in [5.41, 5.74) is 17.8. The highest BCUT2D eigenvalue weighted by molar-refractivity contribution is 6.23. The molecule has 2 nitrogen and oxygen atoms in total. The van der Waals surface area contributed by atoms with Crippen LogP contribution in [0.4, 0.5) is 0 Å². The maximum Gasteiger partial charge on any atom is 0.0620 e. The number of hydrogen-bond donors (Lipinski definition) is 0. The maximum atomic E-state index is 2.47. The summed E-state index contributed by atoms with van der Waals surface area (Å²) in [4.78, 5) is 0. The number of fused-ring (bicyclic) bond motifs is 12. The van der Waals surface area contributed by atoms with Crippen LogP contribution in [0.3, 0.4) is 0 Å². The summed E-state index contributed by atoms with van der Waals surface area (Å²) in [7, 11) is 0. The number of para-hydroxylation sites is 3. The molecule has 0 unspecified atom stereocenters. The summed E-state index contributed by atoms with van der Waals surface area (Å²) in [6, 6.07) is 63.4. The molecule has 0 saturated carbocycles. The van der Waals surface area contributed by atoms with Crippen LogP contribution in [0, 0.1) is 0 Å². The van der Waals surface area contributed by atoms with Crippen LogP contribution in [-0.2, 0) is 5.41 Å². The third kappa shape index (κ3) is 3.82. The van der Waals surface area contributed by atoms with Crippen molar-refractivity contribution in [2.24, 2.45) is 0 Å². The second kappa shape index (κ2) is 10.2. The molecule has 3 aromatic heterocycles. The quantitative estimate of drug-likeness (QED) is 0.176. The zero-order valence-corrected chi connectivity index (χ0v) is 29.6. The van der Waals surface area contributed by atoms with Crippen LogP contribution in [0.25, 0.3) is 99.0 Å². The molecule has 0 bridgehead atoms. The highest BCUT2D eigenvalue weighted by Crippen LogP contribution is 2.50. The Morgan fingerprint density at radius 1 is 0.358 bits per heavy atom. The molecule has 0 fully saturated rings. The fourth-order valence-electron chi connectivity index (χ4n) is 9.73. The Kier molecular flexibility index (Phi) is 5.60. The fraction of sp³-hybridized carbons (Fsp3) is 0.0588. The summed E-state index contributed by atoms with van der Waals surface area (Å²) in [5, 5.41) is 7.76. The Morgan fingerprint density at radius 3 is 1.70 bits per heavy atom. The lowest BCUT2D eigenvalue weighted by molar-refractivity contribution is 0.660. The summed E-state index contributed by atoms with van der Waals surface area (Å²) in [6.07, 6.45) is 0. The average molecular weight is 675 g/mol. The largest absolute Gasteiger partial charge is 0.309 e. The number of rotatable bonds is 3. The van der Waals surface area contributed by atoms with E-state index in [0.29, 0.717) is 0 Å². The summed E-state index contributed by atoms with van der Waals surface area (Å²) in [6.45, 7) is 4.72. The second-order valence-corrected chi connectivity index (χ2v) is 15.4. The minimum absolute atomic E-state index is 0.0414. The third-order valence-corrected chi connectivity index (χ3v) is 12.3. The van der Waals surface area contributed by atoms with E-state index in [9.17, 15) is 0 Å². The Labute approximate surface area is 307 Å². The lowest BCUT2D eigenvalue weighted by Gasteiger charge is -2.22. The van der Waals surface area contributed by atoms with Gasteiger partial charge in [0, 0.05) is 43.4 Å². The van der Waals surface area contributed by atoms with Gasteiger partial charge in [-0.25, -0.2) is 0 Å². The van der Waals surface area contributed by atoms with Gasteiger partial charge in [-0.2, -0.15) is 0 Å². The molecule has 3 heterocycles. The molecule has 0 saturated heterocycles. The molecule has 12 rings (SSSR count). The molecular weight excluding hydrogens is 641 g/mol. The van der Waals surface area contributed by atoms with E-state index < -0.39 is 0 Å². The minimum Gasteiger partial charge on any atom is -0.309 e.